The first-order chi connectivity index (χ1) is 51.4. The van der Waals surface area contributed by atoms with Crippen molar-refractivity contribution in [2.24, 2.45) is 5.73 Å². The molecule has 108 heavy (non-hydrogen) atoms. The molecule has 1 fully saturated rings. The fourth-order valence-corrected chi connectivity index (χ4v) is 12.7. The third-order valence-electron chi connectivity index (χ3n) is 18.2. The number of aromatic amines is 1. The Balaban J connectivity index is 1.42. The van der Waals surface area contributed by atoms with Crippen LogP contribution in [0.15, 0.2) is 91.1 Å². The van der Waals surface area contributed by atoms with Crippen molar-refractivity contribution in [3.05, 3.63) is 108 Å². The number of amides is 8. The van der Waals surface area contributed by atoms with Crippen LogP contribution in [0.2, 0.25) is 0 Å². The summed E-state index contributed by atoms with van der Waals surface area (Å²) in [5, 5.41) is 102. The normalized spacial score (nSPS) is 16.9. The Morgan fingerprint density at radius 2 is 0.880 bits per heavy atom. The SMILES string of the molecule is C[C@@H](O)[C@H](NC(=O)[C@H](CCCCN)NC(=O)[C@@H](Cc1c[nH]c2ccccc12)NC(=O)[C@H](Cc1ccccc1)NC(=O)[C@H](CS)NC(=O)[C@@H](Cc1ccccc1)NC(=O)CCC(C(=O)O)N1CCN(CC(=O)O)CCN(CC(=O)O)CCN(C(CCC(=O)O)C(=O)O)CC1)C(=O)N[C@@H](CS)C(=O)N[C@H](CO)[C@@H](C)O. The Morgan fingerprint density at radius 1 is 0.463 bits per heavy atom. The van der Waals surface area contributed by atoms with Crippen LogP contribution >= 0.6 is 25.3 Å². The molecular weight excluding hydrogens is 1450 g/mol. The summed E-state index contributed by atoms with van der Waals surface area (Å²) in [5.74, 6) is -14.6. The molecule has 2 heterocycles. The zero-order chi connectivity index (χ0) is 79.6. The number of thiol groups is 2. The largest absolute Gasteiger partial charge is 0.481 e. The van der Waals surface area contributed by atoms with Crippen molar-refractivity contribution in [3.63, 3.8) is 0 Å². The number of aliphatic carboxylic acids is 5. The average molecular weight is 1550 g/mol. The van der Waals surface area contributed by atoms with E-state index in [0.29, 0.717) is 34.0 Å². The maximum absolute atomic E-state index is 15.1. The van der Waals surface area contributed by atoms with Crippen LogP contribution in [0.5, 0.6) is 0 Å². The van der Waals surface area contributed by atoms with E-state index in [1.165, 1.54) is 33.4 Å². The van der Waals surface area contributed by atoms with Crippen molar-refractivity contribution in [1.82, 2.24) is 67.1 Å². The molecule has 0 saturated carbocycles. The third kappa shape index (κ3) is 30.0. The number of aliphatic hydroxyl groups is 3. The number of para-hydroxylation sites is 1. The van der Waals surface area contributed by atoms with E-state index in [4.69, 9.17) is 5.73 Å². The molecule has 0 bridgehead atoms. The van der Waals surface area contributed by atoms with Gasteiger partial charge in [-0.25, -0.2) is 0 Å². The smallest absolute Gasteiger partial charge is 0.320 e. The molecule has 2 unspecified atom stereocenters. The molecule has 3 aromatic carbocycles. The Kier molecular flexibility index (Phi) is 38.2. The summed E-state index contributed by atoms with van der Waals surface area (Å²) < 4.78 is 0. The number of nitrogens with zero attached hydrogens (tertiary/aromatic N) is 4. The molecular formula is C71H102N14O21S2. The molecule has 1 saturated heterocycles. The Morgan fingerprint density at radius 3 is 1.34 bits per heavy atom. The van der Waals surface area contributed by atoms with Crippen LogP contribution in [0.4, 0.5) is 0 Å². The second-order valence-electron chi connectivity index (χ2n) is 26.4. The van der Waals surface area contributed by atoms with Gasteiger partial charge < -0.3 is 94.1 Å². The molecule has 1 aliphatic rings. The lowest BCUT2D eigenvalue weighted by atomic mass is 10.0. The Bertz CT molecular complexity index is 3640. The highest BCUT2D eigenvalue weighted by Crippen LogP contribution is 2.21. The van der Waals surface area contributed by atoms with E-state index in [-0.39, 0.29) is 103 Å². The summed E-state index contributed by atoms with van der Waals surface area (Å²) >= 11 is 8.58. The number of unbranched alkanes of at least 4 members (excludes halogenated alkanes) is 1. The van der Waals surface area contributed by atoms with Gasteiger partial charge >= 0.3 is 29.8 Å². The number of nitrogens with two attached hydrogens (primary N) is 1. The number of H-pyrrole nitrogens is 1. The van der Waals surface area contributed by atoms with Gasteiger partial charge in [-0.05, 0) is 75.3 Å². The first kappa shape index (κ1) is 89.3. The van der Waals surface area contributed by atoms with Gasteiger partial charge in [0.1, 0.15) is 54.4 Å². The maximum Gasteiger partial charge on any atom is 0.320 e. The number of aliphatic hydroxyl groups excluding tert-OH is 3. The lowest BCUT2D eigenvalue weighted by Gasteiger charge is -2.37. The van der Waals surface area contributed by atoms with E-state index in [0.717, 1.165) is 0 Å². The number of carboxylic acid groups (broad SMARTS) is 5. The summed E-state index contributed by atoms with van der Waals surface area (Å²) in [6.07, 6.45) is -3.13. The van der Waals surface area contributed by atoms with Crippen LogP contribution in [-0.4, -0.2) is 305 Å². The molecule has 0 aliphatic carbocycles. The van der Waals surface area contributed by atoms with Gasteiger partial charge in [-0.3, -0.25) is 81.9 Å². The highest BCUT2D eigenvalue weighted by atomic mass is 32.1. The number of rotatable bonds is 44. The summed E-state index contributed by atoms with van der Waals surface area (Å²) in [6, 6.07) is 9.21. The van der Waals surface area contributed by atoms with E-state index in [1.807, 2.05) is 0 Å². The predicted octanol–water partition coefficient (Wildman–Crippen LogP) is -3.24. The number of carboxylic acids is 5. The van der Waals surface area contributed by atoms with E-state index in [2.05, 4.69) is 72.8 Å². The van der Waals surface area contributed by atoms with Crippen molar-refractivity contribution < 1.29 is 103 Å². The van der Waals surface area contributed by atoms with Crippen molar-refractivity contribution in [2.75, 3.05) is 90.1 Å². The van der Waals surface area contributed by atoms with Gasteiger partial charge in [0.15, 0.2) is 0 Å². The third-order valence-corrected chi connectivity index (χ3v) is 19.0. The number of carbonyl (C=O) groups is 13. The number of nitrogens with one attached hydrogen (secondary N) is 9. The number of hydrogen-bond acceptors (Lipinski definition) is 23. The van der Waals surface area contributed by atoms with Gasteiger partial charge in [-0.1, -0.05) is 78.9 Å². The van der Waals surface area contributed by atoms with E-state index >= 15 is 4.79 Å². The van der Waals surface area contributed by atoms with Crippen LogP contribution in [0.3, 0.4) is 0 Å². The van der Waals surface area contributed by atoms with Crippen molar-refractivity contribution in [1.29, 1.82) is 0 Å². The number of benzene rings is 3. The summed E-state index contributed by atoms with van der Waals surface area (Å²) in [4.78, 5) is 186. The second-order valence-corrected chi connectivity index (χ2v) is 27.1. The van der Waals surface area contributed by atoms with Crippen molar-refractivity contribution >= 4 is 113 Å². The Hall–Kier alpha value is -9.31. The Labute approximate surface area is 635 Å². The first-order valence-corrected chi connectivity index (χ1v) is 36.7. The van der Waals surface area contributed by atoms with Gasteiger partial charge in [-0.15, -0.1) is 0 Å². The summed E-state index contributed by atoms with van der Waals surface area (Å²) in [5.41, 5.74) is 8.09. The first-order valence-electron chi connectivity index (χ1n) is 35.4. The average Bonchev–Trinajstić information content (AvgIpc) is 1.69. The minimum atomic E-state index is -1.74. The van der Waals surface area contributed by atoms with Gasteiger partial charge in [-0.2, -0.15) is 25.3 Å². The number of hydrogen-bond donors (Lipinski definition) is 20. The second kappa shape index (κ2) is 46.1. The van der Waals surface area contributed by atoms with E-state index in [9.17, 15) is 98.4 Å². The number of carbonyl (C=O) groups excluding carboxylic acids is 8. The van der Waals surface area contributed by atoms with Crippen LogP contribution in [-0.2, 0) is 81.6 Å². The molecule has 8 amide bonds. The standard InChI is InChI=1S/C71H102N14O21S2/c1-42(87)53(39-86)78-68(101)55(41-108)80-69(102)62(43(2)88)81-63(96)49(19-11-12-24-72)75-66(99)52(35-46-36-73-48-18-10-9-17-47(46)48)77-65(98)51(34-45-15-7-4-8-16-45)76-67(100)54(40-107)79-64(97)50(33-44-13-5-3-6-14-44)74-58(89)22-20-56(70(103)104)84-29-27-82(37-60(92)93)25-26-83(38-61(94)95)28-30-85(32-31-84)57(71(105)106)21-23-59(90)91/h3-10,13-18,36,42-43,49-57,62,73,86-88,107-108H,11-12,19-35,37-41,72H2,1-2H3,(H,74,89)(H,75,99)(H,76,100)(H,77,98)(H,78,101)(H,79,97)(H,80,102)(H,81,96)(H,90,91)(H,92,93)(H,94,95)(H,103,104)(H,105,106)/t42-,43-,49+,50-,51+,52-,53-,54+,55+,56?,57?,62+/m1/s1. The van der Waals surface area contributed by atoms with E-state index < -0.39 is 194 Å². The fourth-order valence-electron chi connectivity index (χ4n) is 12.2. The van der Waals surface area contributed by atoms with Gasteiger partial charge in [0, 0.05) is 113 Å². The minimum Gasteiger partial charge on any atom is -0.481 e. The summed E-state index contributed by atoms with van der Waals surface area (Å²) in [6.45, 7) is 0.208. The molecule has 12 atom stereocenters. The van der Waals surface area contributed by atoms with Gasteiger partial charge in [0.25, 0.3) is 0 Å². The van der Waals surface area contributed by atoms with Crippen LogP contribution in [0, 0.1) is 0 Å². The summed E-state index contributed by atoms with van der Waals surface area (Å²) in [7, 11) is 0. The molecule has 19 N–H and O–H groups in total. The predicted molar refractivity (Wildman–Crippen MR) is 399 cm³/mol. The monoisotopic (exact) mass is 1550 g/mol. The van der Waals surface area contributed by atoms with Gasteiger partial charge in [0.2, 0.25) is 47.3 Å². The minimum absolute atomic E-state index is 0.00135. The quantitative estimate of drug-likeness (QED) is 0.0153. The molecule has 4 aromatic rings. The van der Waals surface area contributed by atoms with Crippen LogP contribution in [0.25, 0.3) is 10.9 Å². The van der Waals surface area contributed by atoms with Gasteiger partial charge in [0.05, 0.1) is 37.9 Å². The lowest BCUT2D eigenvalue weighted by Crippen LogP contribution is -2.62. The molecule has 1 aromatic heterocycles. The topological polar surface area (TPSA) is 535 Å². The molecule has 5 rings (SSSR count). The maximum atomic E-state index is 15.1. The van der Waals surface area contributed by atoms with Crippen molar-refractivity contribution in [3.8, 4) is 0 Å². The number of fused-ring (bicyclic) bond motifs is 1. The lowest BCUT2D eigenvalue weighted by molar-refractivity contribution is -0.147. The molecule has 0 spiro atoms. The fraction of sp³-hybridized carbons (Fsp3) is 0.535. The molecule has 0 radical (unpaired) electrons. The molecule has 37 heteroatoms. The molecule has 35 nitrogen and oxygen atoms in total. The highest BCUT2D eigenvalue weighted by Gasteiger charge is 2.38. The van der Waals surface area contributed by atoms with Crippen LogP contribution in [0.1, 0.15) is 75.5 Å². The number of aromatic nitrogens is 1. The zero-order valence-corrected chi connectivity index (χ0v) is 62.0. The van der Waals surface area contributed by atoms with Crippen LogP contribution < -0.4 is 48.3 Å². The van der Waals surface area contributed by atoms with E-state index in [1.54, 1.807) is 91.1 Å². The molecule has 1 aliphatic heterocycles. The van der Waals surface area contributed by atoms with Crippen molar-refractivity contribution in [2.45, 2.75) is 151 Å². The molecule has 594 valence electrons. The zero-order valence-electron chi connectivity index (χ0n) is 60.2. The highest BCUT2D eigenvalue weighted by molar-refractivity contribution is 7.80.